The van der Waals surface area contributed by atoms with Crippen LogP contribution in [0, 0.1) is 0 Å². The summed E-state index contributed by atoms with van der Waals surface area (Å²) in [7, 11) is 3.29. The standard InChI is InChI=1S/C28H21N5O3S/c1-33-12-11-29-26(33)16-3-7-19(8-4-16)31-25(17-6-10-21-23(14-17)37-15-30-21)24-20-9-5-18(28(35)36-2)13-22(20)32-27(24)34/h3-15,32,34H,1-2H3. The number of rotatable bonds is 5. The number of carbonyl (C=O) groups excluding carboxylic acids is 1. The third kappa shape index (κ3) is 4.05. The number of aromatic hydroxyl groups is 1. The van der Waals surface area contributed by atoms with E-state index in [1.165, 1.54) is 7.11 Å². The number of H-pyrrole nitrogens is 1. The number of fused-ring (bicyclic) bond motifs is 2. The van der Waals surface area contributed by atoms with Crippen LogP contribution in [0.5, 0.6) is 5.88 Å². The molecule has 3 aromatic heterocycles. The molecule has 3 heterocycles. The quantitative estimate of drug-likeness (QED) is 0.225. The molecular weight excluding hydrogens is 486 g/mol. The van der Waals surface area contributed by atoms with Crippen molar-refractivity contribution in [1.29, 1.82) is 0 Å². The van der Waals surface area contributed by atoms with Crippen molar-refractivity contribution >= 4 is 49.8 Å². The third-order valence-corrected chi connectivity index (χ3v) is 7.02. The molecule has 182 valence electrons. The largest absolute Gasteiger partial charge is 0.494 e. The molecule has 37 heavy (non-hydrogen) atoms. The topological polar surface area (TPSA) is 105 Å². The minimum Gasteiger partial charge on any atom is -0.494 e. The molecule has 3 aromatic carbocycles. The molecule has 6 rings (SSSR count). The first-order valence-electron chi connectivity index (χ1n) is 11.5. The number of imidazole rings is 1. The van der Waals surface area contributed by atoms with Crippen LogP contribution in [0.25, 0.3) is 32.5 Å². The van der Waals surface area contributed by atoms with Crippen LogP contribution in [0.4, 0.5) is 5.69 Å². The molecule has 0 fully saturated rings. The van der Waals surface area contributed by atoms with Crippen molar-refractivity contribution in [3.8, 4) is 17.3 Å². The van der Waals surface area contributed by atoms with E-state index in [-0.39, 0.29) is 5.88 Å². The molecule has 2 N–H and O–H groups in total. The number of methoxy groups -OCH3 is 1. The Morgan fingerprint density at radius 3 is 2.62 bits per heavy atom. The highest BCUT2D eigenvalue weighted by atomic mass is 32.1. The summed E-state index contributed by atoms with van der Waals surface area (Å²) in [5.74, 6) is 0.377. The minimum absolute atomic E-state index is 0.0372. The number of aromatic amines is 1. The second-order valence-electron chi connectivity index (χ2n) is 8.50. The number of hydrogen-bond donors (Lipinski definition) is 2. The van der Waals surface area contributed by atoms with Crippen molar-refractivity contribution in [3.05, 3.63) is 95.3 Å². The highest BCUT2D eigenvalue weighted by Crippen LogP contribution is 2.33. The molecule has 0 radical (unpaired) electrons. The molecule has 0 saturated carbocycles. The van der Waals surface area contributed by atoms with Crippen LogP contribution in [-0.2, 0) is 11.8 Å². The Hall–Kier alpha value is -4.76. The number of carbonyl (C=O) groups is 1. The van der Waals surface area contributed by atoms with E-state index in [1.54, 1.807) is 41.2 Å². The summed E-state index contributed by atoms with van der Waals surface area (Å²) in [5, 5.41) is 11.8. The van der Waals surface area contributed by atoms with Gasteiger partial charge in [-0.1, -0.05) is 12.1 Å². The van der Waals surface area contributed by atoms with E-state index in [1.807, 2.05) is 60.3 Å². The van der Waals surface area contributed by atoms with Crippen molar-refractivity contribution in [2.45, 2.75) is 0 Å². The van der Waals surface area contributed by atoms with Gasteiger partial charge in [0, 0.05) is 41.5 Å². The number of nitrogens with zero attached hydrogens (tertiary/aromatic N) is 4. The molecule has 0 unspecified atom stereocenters. The number of benzene rings is 3. The van der Waals surface area contributed by atoms with E-state index in [4.69, 9.17) is 9.73 Å². The molecule has 8 nitrogen and oxygen atoms in total. The van der Waals surface area contributed by atoms with Gasteiger partial charge in [-0.2, -0.15) is 0 Å². The van der Waals surface area contributed by atoms with E-state index >= 15 is 0 Å². The zero-order valence-electron chi connectivity index (χ0n) is 20.0. The highest BCUT2D eigenvalue weighted by molar-refractivity contribution is 7.16. The van der Waals surface area contributed by atoms with Gasteiger partial charge in [-0.25, -0.2) is 19.8 Å². The summed E-state index contributed by atoms with van der Waals surface area (Å²) < 4.78 is 7.82. The van der Waals surface area contributed by atoms with Gasteiger partial charge in [-0.3, -0.25) is 0 Å². The maximum atomic E-state index is 12.0. The molecule has 0 bridgehead atoms. The number of hydrogen-bond acceptors (Lipinski definition) is 7. The number of aryl methyl sites for hydroxylation is 1. The summed E-state index contributed by atoms with van der Waals surface area (Å²) in [4.78, 5) is 28.8. The number of ether oxygens (including phenoxy) is 1. The predicted octanol–water partition coefficient (Wildman–Crippen LogP) is 5.84. The van der Waals surface area contributed by atoms with Gasteiger partial charge in [0.1, 0.15) is 5.82 Å². The van der Waals surface area contributed by atoms with Gasteiger partial charge in [0.05, 0.1) is 45.4 Å². The third-order valence-electron chi connectivity index (χ3n) is 6.23. The Bertz CT molecular complexity index is 1810. The normalized spacial score (nSPS) is 11.9. The molecule has 9 heteroatoms. The number of nitrogens with one attached hydrogen (secondary N) is 1. The Kier molecular flexibility index (Phi) is 5.54. The zero-order valence-corrected chi connectivity index (χ0v) is 20.8. The Labute approximate surface area is 215 Å². The van der Waals surface area contributed by atoms with Crippen molar-refractivity contribution in [1.82, 2.24) is 19.5 Å². The summed E-state index contributed by atoms with van der Waals surface area (Å²) in [6, 6.07) is 18.9. The molecular formula is C28H21N5O3S. The molecule has 0 aliphatic heterocycles. The van der Waals surface area contributed by atoms with E-state index in [9.17, 15) is 9.90 Å². The average molecular weight is 508 g/mol. The first-order valence-corrected chi connectivity index (χ1v) is 12.3. The first kappa shape index (κ1) is 22.7. The van der Waals surface area contributed by atoms with E-state index < -0.39 is 5.97 Å². The number of aliphatic imine (C=N–C) groups is 1. The van der Waals surface area contributed by atoms with Crippen LogP contribution in [0.1, 0.15) is 21.5 Å². The van der Waals surface area contributed by atoms with E-state index in [2.05, 4.69) is 15.0 Å². The lowest BCUT2D eigenvalue weighted by atomic mass is 9.99. The second kappa shape index (κ2) is 9.03. The lowest BCUT2D eigenvalue weighted by Gasteiger charge is -2.09. The van der Waals surface area contributed by atoms with Crippen molar-refractivity contribution < 1.29 is 14.6 Å². The van der Waals surface area contributed by atoms with Gasteiger partial charge in [0.15, 0.2) is 5.88 Å². The number of thiazole rings is 1. The fourth-order valence-corrected chi connectivity index (χ4v) is 5.11. The number of esters is 1. The van der Waals surface area contributed by atoms with Crippen LogP contribution in [0.3, 0.4) is 0 Å². The van der Waals surface area contributed by atoms with Crippen LogP contribution in [0.2, 0.25) is 0 Å². The summed E-state index contributed by atoms with van der Waals surface area (Å²) in [6.07, 6.45) is 3.67. The molecule has 0 aliphatic rings. The first-order chi connectivity index (χ1) is 18.0. The van der Waals surface area contributed by atoms with Gasteiger partial charge in [0.25, 0.3) is 0 Å². The van der Waals surface area contributed by atoms with Crippen LogP contribution in [-0.4, -0.2) is 43.4 Å². The maximum absolute atomic E-state index is 12.0. The van der Waals surface area contributed by atoms with Crippen molar-refractivity contribution in [2.24, 2.45) is 12.0 Å². The molecule has 6 aromatic rings. The minimum atomic E-state index is -0.449. The van der Waals surface area contributed by atoms with Crippen LogP contribution in [0.15, 0.2) is 83.6 Å². The van der Waals surface area contributed by atoms with Gasteiger partial charge in [-0.15, -0.1) is 11.3 Å². The second-order valence-corrected chi connectivity index (χ2v) is 9.39. The highest BCUT2D eigenvalue weighted by Gasteiger charge is 2.20. The van der Waals surface area contributed by atoms with Crippen LogP contribution >= 0.6 is 11.3 Å². The predicted molar refractivity (Wildman–Crippen MR) is 145 cm³/mol. The summed E-state index contributed by atoms with van der Waals surface area (Å²) in [6.45, 7) is 0. The number of aromatic nitrogens is 4. The van der Waals surface area contributed by atoms with Gasteiger partial charge in [0.2, 0.25) is 0 Å². The SMILES string of the molecule is COC(=O)c1ccc2c(C(=Nc3ccc(-c4nccn4C)cc3)c3ccc4ncsc4c3)c(O)[nH]c2c1. The van der Waals surface area contributed by atoms with E-state index in [0.717, 1.165) is 38.2 Å². The Morgan fingerprint density at radius 1 is 1.05 bits per heavy atom. The Balaban J connectivity index is 1.52. The monoisotopic (exact) mass is 507 g/mol. The fraction of sp³-hybridized carbons (Fsp3) is 0.0714. The lowest BCUT2D eigenvalue weighted by molar-refractivity contribution is 0.0601. The smallest absolute Gasteiger partial charge is 0.337 e. The lowest BCUT2D eigenvalue weighted by Crippen LogP contribution is -2.03. The molecule has 0 spiro atoms. The zero-order chi connectivity index (χ0) is 25.5. The van der Waals surface area contributed by atoms with Gasteiger partial charge >= 0.3 is 5.97 Å². The van der Waals surface area contributed by atoms with Crippen molar-refractivity contribution in [2.75, 3.05) is 7.11 Å². The van der Waals surface area contributed by atoms with E-state index in [0.29, 0.717) is 22.4 Å². The van der Waals surface area contributed by atoms with Crippen LogP contribution < -0.4 is 0 Å². The molecule has 0 aliphatic carbocycles. The maximum Gasteiger partial charge on any atom is 0.337 e. The van der Waals surface area contributed by atoms with Gasteiger partial charge < -0.3 is 19.4 Å². The molecule has 0 atom stereocenters. The van der Waals surface area contributed by atoms with Gasteiger partial charge in [-0.05, 0) is 48.5 Å². The summed E-state index contributed by atoms with van der Waals surface area (Å²) in [5.41, 5.74) is 7.36. The molecule has 0 amide bonds. The fourth-order valence-electron chi connectivity index (χ4n) is 4.39. The summed E-state index contributed by atoms with van der Waals surface area (Å²) >= 11 is 1.54. The van der Waals surface area contributed by atoms with Crippen molar-refractivity contribution in [3.63, 3.8) is 0 Å². The average Bonchev–Trinajstić information content (AvgIpc) is 3.64. The Morgan fingerprint density at radius 2 is 1.86 bits per heavy atom. The molecule has 0 saturated heterocycles.